The number of sulfonamides is 1. The molecule has 0 unspecified atom stereocenters. The summed E-state index contributed by atoms with van der Waals surface area (Å²) in [5.41, 5.74) is -0.0342. The molecule has 7 heteroatoms. The molecule has 1 aromatic carbocycles. The zero-order valence-corrected chi connectivity index (χ0v) is 16.3. The molecule has 0 aromatic heterocycles. The van der Waals surface area contributed by atoms with Gasteiger partial charge in [0.25, 0.3) is 0 Å². The van der Waals surface area contributed by atoms with E-state index in [1.165, 1.54) is 31.4 Å². The van der Waals surface area contributed by atoms with Crippen LogP contribution in [0.3, 0.4) is 0 Å². The van der Waals surface area contributed by atoms with Gasteiger partial charge in [-0.15, -0.1) is 0 Å². The molecule has 146 valence electrons. The van der Waals surface area contributed by atoms with Gasteiger partial charge in [0.1, 0.15) is 0 Å². The minimum absolute atomic E-state index is 0.0310. The number of rotatable bonds is 6. The fourth-order valence-electron chi connectivity index (χ4n) is 5.76. The average molecular weight is 391 g/mol. The van der Waals surface area contributed by atoms with Crippen LogP contribution in [0.25, 0.3) is 0 Å². The van der Waals surface area contributed by atoms with Gasteiger partial charge in [-0.3, -0.25) is 9.52 Å². The summed E-state index contributed by atoms with van der Waals surface area (Å²) in [5, 5.41) is 0. The van der Waals surface area contributed by atoms with Gasteiger partial charge in [-0.1, -0.05) is 12.1 Å². The number of para-hydroxylation sites is 1. The van der Waals surface area contributed by atoms with Crippen LogP contribution in [-0.4, -0.2) is 33.0 Å². The van der Waals surface area contributed by atoms with Crippen molar-refractivity contribution in [1.82, 2.24) is 0 Å². The number of Topliss-reactive ketones (excluding diaryl/α,β-unsaturated/α-hetero) is 1. The zero-order valence-electron chi connectivity index (χ0n) is 15.4. The number of carbonyl (C=O) groups is 2. The molecule has 4 fully saturated rings. The lowest BCUT2D eigenvalue weighted by Crippen LogP contribution is -2.51. The summed E-state index contributed by atoms with van der Waals surface area (Å²) >= 11 is 0. The molecular weight excluding hydrogens is 366 g/mol. The van der Waals surface area contributed by atoms with Crippen LogP contribution in [0.1, 0.15) is 48.9 Å². The molecule has 0 aliphatic heterocycles. The van der Waals surface area contributed by atoms with Crippen LogP contribution in [0.5, 0.6) is 0 Å². The van der Waals surface area contributed by atoms with Gasteiger partial charge >= 0.3 is 5.97 Å². The van der Waals surface area contributed by atoms with Gasteiger partial charge in [-0.2, -0.15) is 0 Å². The van der Waals surface area contributed by atoms with Crippen LogP contribution in [0, 0.1) is 23.2 Å². The lowest BCUT2D eigenvalue weighted by Gasteiger charge is -2.55. The third kappa shape index (κ3) is 3.74. The second kappa shape index (κ2) is 6.62. The highest BCUT2D eigenvalue weighted by Crippen LogP contribution is 2.60. The first-order chi connectivity index (χ1) is 12.7. The highest BCUT2D eigenvalue weighted by molar-refractivity contribution is 7.92. The van der Waals surface area contributed by atoms with Crippen LogP contribution in [-0.2, 0) is 19.6 Å². The topological polar surface area (TPSA) is 89.5 Å². The molecule has 0 heterocycles. The minimum Gasteiger partial charge on any atom is -0.454 e. The standard InChI is InChI=1S/C20H25NO5S/c1-27(24,25)21-17-5-3-2-4-16(17)19(23)26-12-18(22)20-9-13-6-14(10-20)8-15(7-13)11-20/h2-5,13-15,21H,6-12H2,1H3. The molecule has 0 atom stereocenters. The summed E-state index contributed by atoms with van der Waals surface area (Å²) in [4.78, 5) is 25.4. The zero-order chi connectivity index (χ0) is 19.2. The van der Waals surface area contributed by atoms with E-state index in [9.17, 15) is 18.0 Å². The first-order valence-corrected chi connectivity index (χ1v) is 11.4. The molecule has 0 saturated heterocycles. The molecule has 4 bridgehead atoms. The number of carbonyl (C=O) groups excluding carboxylic acids is 2. The SMILES string of the molecule is CS(=O)(=O)Nc1ccccc1C(=O)OCC(=O)C12CC3CC(CC(C3)C1)C2. The van der Waals surface area contributed by atoms with E-state index in [4.69, 9.17) is 4.74 Å². The van der Waals surface area contributed by atoms with Gasteiger partial charge in [0.15, 0.2) is 12.4 Å². The highest BCUT2D eigenvalue weighted by atomic mass is 32.2. The van der Waals surface area contributed by atoms with E-state index in [-0.39, 0.29) is 29.1 Å². The fraction of sp³-hybridized carbons (Fsp3) is 0.600. The maximum absolute atomic E-state index is 13.0. The Hall–Kier alpha value is -1.89. The van der Waals surface area contributed by atoms with Crippen molar-refractivity contribution in [3.63, 3.8) is 0 Å². The van der Waals surface area contributed by atoms with E-state index in [1.54, 1.807) is 12.1 Å². The summed E-state index contributed by atoms with van der Waals surface area (Å²) in [6, 6.07) is 6.25. The Labute approximate surface area is 159 Å². The normalized spacial score (nSPS) is 31.5. The molecule has 6 nitrogen and oxygen atoms in total. The van der Waals surface area contributed by atoms with E-state index in [1.807, 2.05) is 0 Å². The maximum atomic E-state index is 13.0. The molecular formula is C20H25NO5S. The van der Waals surface area contributed by atoms with Gasteiger partial charge in [-0.05, 0) is 68.4 Å². The largest absolute Gasteiger partial charge is 0.454 e. The van der Waals surface area contributed by atoms with Gasteiger partial charge in [0, 0.05) is 5.41 Å². The van der Waals surface area contributed by atoms with Crippen molar-refractivity contribution in [1.29, 1.82) is 0 Å². The number of hydrogen-bond donors (Lipinski definition) is 1. The van der Waals surface area contributed by atoms with E-state index >= 15 is 0 Å². The molecule has 1 aromatic rings. The highest BCUT2D eigenvalue weighted by Gasteiger charge is 2.54. The number of ether oxygens (including phenoxy) is 1. The van der Waals surface area contributed by atoms with Crippen LogP contribution in [0.2, 0.25) is 0 Å². The number of hydrogen-bond acceptors (Lipinski definition) is 5. The third-order valence-corrected chi connectivity index (χ3v) is 7.00. The van der Waals surface area contributed by atoms with E-state index in [0.717, 1.165) is 25.5 Å². The van der Waals surface area contributed by atoms with Crippen LogP contribution in [0.15, 0.2) is 24.3 Å². The number of esters is 1. The van der Waals surface area contributed by atoms with E-state index in [0.29, 0.717) is 17.8 Å². The predicted molar refractivity (Wildman–Crippen MR) is 101 cm³/mol. The average Bonchev–Trinajstić information content (AvgIpc) is 2.57. The quantitative estimate of drug-likeness (QED) is 0.753. The summed E-state index contributed by atoms with van der Waals surface area (Å²) in [6.07, 6.45) is 7.56. The molecule has 4 aliphatic carbocycles. The molecule has 0 spiro atoms. The maximum Gasteiger partial charge on any atom is 0.340 e. The Balaban J connectivity index is 1.44. The van der Waals surface area contributed by atoms with Crippen LogP contribution in [0.4, 0.5) is 5.69 Å². The fourth-order valence-corrected chi connectivity index (χ4v) is 6.34. The molecule has 1 N–H and O–H groups in total. The summed E-state index contributed by atoms with van der Waals surface area (Å²) < 4.78 is 30.6. The third-order valence-electron chi connectivity index (χ3n) is 6.41. The number of benzene rings is 1. The Kier molecular flexibility index (Phi) is 4.53. The van der Waals surface area contributed by atoms with E-state index in [2.05, 4.69) is 4.72 Å². The molecule has 0 amide bonds. The van der Waals surface area contributed by atoms with Crippen LogP contribution < -0.4 is 4.72 Å². The van der Waals surface area contributed by atoms with Gasteiger partial charge in [0.05, 0.1) is 17.5 Å². The summed E-state index contributed by atoms with van der Waals surface area (Å²) in [7, 11) is -3.52. The van der Waals surface area contributed by atoms with Gasteiger partial charge in [-0.25, -0.2) is 13.2 Å². The van der Waals surface area contributed by atoms with Crippen molar-refractivity contribution in [2.75, 3.05) is 17.6 Å². The second-order valence-corrected chi connectivity index (χ2v) is 10.4. The van der Waals surface area contributed by atoms with Crippen molar-refractivity contribution in [2.45, 2.75) is 38.5 Å². The molecule has 4 saturated carbocycles. The first kappa shape index (κ1) is 18.5. The Morgan fingerprint density at radius 1 is 1.07 bits per heavy atom. The summed E-state index contributed by atoms with van der Waals surface area (Å²) in [6.45, 7) is -0.238. The molecule has 4 aliphatic rings. The Morgan fingerprint density at radius 2 is 1.63 bits per heavy atom. The summed E-state index contributed by atoms with van der Waals surface area (Å²) in [5.74, 6) is 1.30. The Morgan fingerprint density at radius 3 is 2.19 bits per heavy atom. The minimum atomic E-state index is -3.52. The number of ketones is 1. The van der Waals surface area contributed by atoms with Crippen molar-refractivity contribution in [3.05, 3.63) is 29.8 Å². The van der Waals surface area contributed by atoms with Crippen molar-refractivity contribution in [3.8, 4) is 0 Å². The van der Waals surface area contributed by atoms with Crippen molar-refractivity contribution in [2.24, 2.45) is 23.2 Å². The van der Waals surface area contributed by atoms with Gasteiger partial charge < -0.3 is 4.74 Å². The first-order valence-electron chi connectivity index (χ1n) is 9.51. The molecule has 0 radical (unpaired) electrons. The van der Waals surface area contributed by atoms with Crippen molar-refractivity contribution >= 4 is 27.5 Å². The number of nitrogens with one attached hydrogen (secondary N) is 1. The van der Waals surface area contributed by atoms with E-state index < -0.39 is 16.0 Å². The second-order valence-electron chi connectivity index (χ2n) is 8.62. The monoisotopic (exact) mass is 391 g/mol. The Bertz CT molecular complexity index is 841. The lowest BCUT2D eigenvalue weighted by atomic mass is 9.48. The van der Waals surface area contributed by atoms with Crippen LogP contribution >= 0.6 is 0 Å². The molecule has 27 heavy (non-hydrogen) atoms. The molecule has 5 rings (SSSR count). The van der Waals surface area contributed by atoms with Crippen molar-refractivity contribution < 1.29 is 22.7 Å². The smallest absolute Gasteiger partial charge is 0.340 e. The predicted octanol–water partition coefficient (Wildman–Crippen LogP) is 3.00. The number of anilines is 1. The van der Waals surface area contributed by atoms with Gasteiger partial charge in [0.2, 0.25) is 10.0 Å². The lowest BCUT2D eigenvalue weighted by molar-refractivity contribution is -0.147.